The summed E-state index contributed by atoms with van der Waals surface area (Å²) in [4.78, 5) is 11.2. The number of anilines is 2. The third kappa shape index (κ3) is 2.95. The second kappa shape index (κ2) is 5.04. The molecule has 1 aliphatic heterocycles. The van der Waals surface area contributed by atoms with E-state index < -0.39 is 0 Å². The van der Waals surface area contributed by atoms with Crippen molar-refractivity contribution < 1.29 is 0 Å². The second-order valence-corrected chi connectivity index (χ2v) is 5.49. The van der Waals surface area contributed by atoms with Crippen LogP contribution >= 0.6 is 0 Å². The summed E-state index contributed by atoms with van der Waals surface area (Å²) >= 11 is 0. The fourth-order valence-corrected chi connectivity index (χ4v) is 2.52. The van der Waals surface area contributed by atoms with Crippen LogP contribution < -0.4 is 10.2 Å². The zero-order valence-corrected chi connectivity index (χ0v) is 11.3. The first-order chi connectivity index (χ1) is 9.24. The van der Waals surface area contributed by atoms with Crippen molar-refractivity contribution in [3.63, 3.8) is 0 Å². The normalized spacial score (nSPS) is 22.9. The van der Waals surface area contributed by atoms with Crippen LogP contribution in [0.2, 0.25) is 0 Å². The number of nitrogens with zero attached hydrogens (tertiary/aromatic N) is 4. The average Bonchev–Trinajstić information content (AvgIpc) is 3.22. The zero-order chi connectivity index (χ0) is 13.2. The molecule has 1 saturated carbocycles. The SMILES string of the molecule is Cc1nc(NC2CC2)cc(N2CCCC(C#N)C2)n1. The van der Waals surface area contributed by atoms with Gasteiger partial charge in [0.1, 0.15) is 17.5 Å². The number of aromatic nitrogens is 2. The Morgan fingerprint density at radius 3 is 2.95 bits per heavy atom. The van der Waals surface area contributed by atoms with Crippen LogP contribution in [0.4, 0.5) is 11.6 Å². The minimum Gasteiger partial charge on any atom is -0.367 e. The molecule has 0 aromatic carbocycles. The molecule has 1 aliphatic carbocycles. The maximum absolute atomic E-state index is 9.07. The van der Waals surface area contributed by atoms with Gasteiger partial charge in [0.25, 0.3) is 0 Å². The molecule has 0 spiro atoms. The van der Waals surface area contributed by atoms with Crippen molar-refractivity contribution in [2.45, 2.75) is 38.6 Å². The van der Waals surface area contributed by atoms with Crippen LogP contribution in [0.3, 0.4) is 0 Å². The molecule has 2 aliphatic rings. The van der Waals surface area contributed by atoms with E-state index in [9.17, 15) is 0 Å². The fraction of sp³-hybridized carbons (Fsp3) is 0.643. The van der Waals surface area contributed by atoms with E-state index >= 15 is 0 Å². The highest BCUT2D eigenvalue weighted by Crippen LogP contribution is 2.27. The summed E-state index contributed by atoms with van der Waals surface area (Å²) < 4.78 is 0. The minimum absolute atomic E-state index is 0.129. The van der Waals surface area contributed by atoms with Gasteiger partial charge in [-0.3, -0.25) is 0 Å². The molecule has 1 aromatic heterocycles. The number of rotatable bonds is 3. The summed E-state index contributed by atoms with van der Waals surface area (Å²) in [6, 6.07) is 4.99. The summed E-state index contributed by atoms with van der Waals surface area (Å²) in [6.45, 7) is 3.70. The summed E-state index contributed by atoms with van der Waals surface area (Å²) in [6.07, 6.45) is 4.54. The monoisotopic (exact) mass is 257 g/mol. The molecule has 1 unspecified atom stereocenters. The highest BCUT2D eigenvalue weighted by Gasteiger charge is 2.24. The Kier molecular flexibility index (Phi) is 3.24. The molecular formula is C14H19N5. The minimum atomic E-state index is 0.129. The van der Waals surface area contributed by atoms with Crippen molar-refractivity contribution in [3.8, 4) is 6.07 Å². The third-order valence-corrected chi connectivity index (χ3v) is 3.68. The molecule has 5 heteroatoms. The topological polar surface area (TPSA) is 64.8 Å². The largest absolute Gasteiger partial charge is 0.367 e. The molecule has 2 fully saturated rings. The van der Waals surface area contributed by atoms with Gasteiger partial charge in [0.05, 0.1) is 12.0 Å². The molecule has 2 heterocycles. The average molecular weight is 257 g/mol. The van der Waals surface area contributed by atoms with E-state index in [1.807, 2.05) is 13.0 Å². The van der Waals surface area contributed by atoms with E-state index in [4.69, 9.17) is 5.26 Å². The van der Waals surface area contributed by atoms with Crippen molar-refractivity contribution in [1.82, 2.24) is 9.97 Å². The quantitative estimate of drug-likeness (QED) is 0.898. The first-order valence-corrected chi connectivity index (χ1v) is 7.01. The number of nitrogens with one attached hydrogen (secondary N) is 1. The molecule has 0 amide bonds. The molecule has 0 radical (unpaired) electrons. The molecule has 0 bridgehead atoms. The van der Waals surface area contributed by atoms with Gasteiger partial charge in [0.15, 0.2) is 0 Å². The predicted octanol–water partition coefficient (Wildman–Crippen LogP) is 2.10. The lowest BCUT2D eigenvalue weighted by atomic mass is 10.00. The first-order valence-electron chi connectivity index (χ1n) is 7.01. The molecule has 3 rings (SSSR count). The van der Waals surface area contributed by atoms with Crippen molar-refractivity contribution in [2.24, 2.45) is 5.92 Å². The number of hydrogen-bond donors (Lipinski definition) is 1. The predicted molar refractivity (Wildman–Crippen MR) is 74.0 cm³/mol. The van der Waals surface area contributed by atoms with Crippen molar-refractivity contribution in [2.75, 3.05) is 23.3 Å². The molecule has 100 valence electrons. The van der Waals surface area contributed by atoms with Crippen molar-refractivity contribution >= 4 is 11.6 Å². The Labute approximate surface area is 113 Å². The molecular weight excluding hydrogens is 238 g/mol. The Balaban J connectivity index is 1.78. The maximum Gasteiger partial charge on any atom is 0.134 e. The number of piperidine rings is 1. The molecule has 1 saturated heterocycles. The Morgan fingerprint density at radius 1 is 1.37 bits per heavy atom. The van der Waals surface area contributed by atoms with Gasteiger partial charge in [-0.25, -0.2) is 9.97 Å². The van der Waals surface area contributed by atoms with E-state index in [0.29, 0.717) is 6.04 Å². The highest BCUT2D eigenvalue weighted by molar-refractivity contribution is 5.50. The van der Waals surface area contributed by atoms with Crippen LogP contribution in [-0.2, 0) is 0 Å². The molecule has 1 N–H and O–H groups in total. The van der Waals surface area contributed by atoms with Gasteiger partial charge in [0, 0.05) is 25.2 Å². The van der Waals surface area contributed by atoms with Gasteiger partial charge in [-0.15, -0.1) is 0 Å². The standard InChI is InChI=1S/C14H19N5/c1-10-16-13(18-12-4-5-12)7-14(17-10)19-6-2-3-11(8-15)9-19/h7,11-12H,2-6,9H2,1H3,(H,16,17,18). The van der Waals surface area contributed by atoms with E-state index in [2.05, 4.69) is 26.3 Å². The van der Waals surface area contributed by atoms with Crippen LogP contribution in [-0.4, -0.2) is 29.1 Å². The number of nitriles is 1. The van der Waals surface area contributed by atoms with Crippen LogP contribution in [0.25, 0.3) is 0 Å². The van der Waals surface area contributed by atoms with Crippen LogP contribution in [0.1, 0.15) is 31.5 Å². The Bertz CT molecular complexity index is 503. The fourth-order valence-electron chi connectivity index (χ4n) is 2.52. The maximum atomic E-state index is 9.07. The summed E-state index contributed by atoms with van der Waals surface area (Å²) in [7, 11) is 0. The van der Waals surface area contributed by atoms with E-state index in [1.165, 1.54) is 12.8 Å². The molecule has 5 nitrogen and oxygen atoms in total. The molecule has 1 aromatic rings. The summed E-state index contributed by atoms with van der Waals surface area (Å²) in [5.74, 6) is 2.79. The zero-order valence-electron chi connectivity index (χ0n) is 11.3. The van der Waals surface area contributed by atoms with Crippen LogP contribution in [0.15, 0.2) is 6.07 Å². The summed E-state index contributed by atoms with van der Waals surface area (Å²) in [5.41, 5.74) is 0. The summed E-state index contributed by atoms with van der Waals surface area (Å²) in [5, 5.41) is 12.5. The first kappa shape index (κ1) is 12.2. The molecule has 1 atom stereocenters. The van der Waals surface area contributed by atoms with Crippen LogP contribution in [0.5, 0.6) is 0 Å². The van der Waals surface area contributed by atoms with Gasteiger partial charge in [-0.2, -0.15) is 5.26 Å². The lowest BCUT2D eigenvalue weighted by Gasteiger charge is -2.30. The molecule has 19 heavy (non-hydrogen) atoms. The van der Waals surface area contributed by atoms with E-state index in [-0.39, 0.29) is 5.92 Å². The van der Waals surface area contributed by atoms with Gasteiger partial charge in [0.2, 0.25) is 0 Å². The lowest BCUT2D eigenvalue weighted by Crippen LogP contribution is -2.35. The smallest absolute Gasteiger partial charge is 0.134 e. The van der Waals surface area contributed by atoms with Gasteiger partial charge in [-0.05, 0) is 32.6 Å². The van der Waals surface area contributed by atoms with E-state index in [1.54, 1.807) is 0 Å². The van der Waals surface area contributed by atoms with Crippen molar-refractivity contribution in [1.29, 1.82) is 5.26 Å². The second-order valence-electron chi connectivity index (χ2n) is 5.49. The van der Waals surface area contributed by atoms with E-state index in [0.717, 1.165) is 43.4 Å². The van der Waals surface area contributed by atoms with Crippen LogP contribution in [0, 0.1) is 24.2 Å². The number of hydrogen-bond acceptors (Lipinski definition) is 5. The highest BCUT2D eigenvalue weighted by atomic mass is 15.2. The lowest BCUT2D eigenvalue weighted by molar-refractivity contribution is 0.490. The van der Waals surface area contributed by atoms with Gasteiger partial charge < -0.3 is 10.2 Å². The van der Waals surface area contributed by atoms with Gasteiger partial charge >= 0.3 is 0 Å². The Hall–Kier alpha value is -1.83. The Morgan fingerprint density at radius 2 is 2.21 bits per heavy atom. The van der Waals surface area contributed by atoms with Crippen molar-refractivity contribution in [3.05, 3.63) is 11.9 Å². The third-order valence-electron chi connectivity index (χ3n) is 3.68. The number of aryl methyl sites for hydroxylation is 1. The van der Waals surface area contributed by atoms with Gasteiger partial charge in [-0.1, -0.05) is 0 Å².